The van der Waals surface area contributed by atoms with Gasteiger partial charge in [-0.1, -0.05) is 0 Å². The number of carboxylic acids is 1. The first-order valence-corrected chi connectivity index (χ1v) is 5.55. The Morgan fingerprint density at radius 1 is 1.33 bits per heavy atom. The molecule has 0 saturated carbocycles. The van der Waals surface area contributed by atoms with Gasteiger partial charge in [-0.3, -0.25) is 0 Å². The topological polar surface area (TPSA) is 78.7 Å². The van der Waals surface area contributed by atoms with E-state index < -0.39 is 15.8 Å². The van der Waals surface area contributed by atoms with Crippen molar-refractivity contribution in [1.29, 1.82) is 0 Å². The van der Waals surface area contributed by atoms with Gasteiger partial charge in [-0.2, -0.15) is 0 Å². The fourth-order valence-electron chi connectivity index (χ4n) is 1.21. The molecule has 0 aromatic rings. The van der Waals surface area contributed by atoms with Gasteiger partial charge < -0.3 is 14.8 Å². The average Bonchev–Trinajstić information content (AvgIpc) is 1.93. The van der Waals surface area contributed by atoms with Crippen LogP contribution in [0.2, 0.25) is 0 Å². The summed E-state index contributed by atoms with van der Waals surface area (Å²) in [6.07, 6.45) is 0. The van der Waals surface area contributed by atoms with Crippen LogP contribution in [0.3, 0.4) is 0 Å². The van der Waals surface area contributed by atoms with Crippen LogP contribution in [0.5, 0.6) is 0 Å². The van der Waals surface area contributed by atoms with E-state index in [0.717, 1.165) is 4.90 Å². The molecule has 0 bridgehead atoms. The van der Waals surface area contributed by atoms with Crippen LogP contribution in [0.4, 0.5) is 0 Å². The Balaban J connectivity index is 2.41. The number of hydrogen-bond donors (Lipinski definition) is 1. The van der Waals surface area contributed by atoms with Crippen molar-refractivity contribution < 1.29 is 23.2 Å². The van der Waals surface area contributed by atoms with E-state index in [1.54, 1.807) is 0 Å². The molecule has 1 fully saturated rings. The molecule has 70 valence electrons. The van der Waals surface area contributed by atoms with Gasteiger partial charge in [-0.15, -0.1) is 0 Å². The Bertz CT molecular complexity index is 257. The molecule has 0 radical (unpaired) electrons. The number of quaternary nitrogens is 1. The number of carbonyl (C=O) groups is 1. The van der Waals surface area contributed by atoms with Gasteiger partial charge in [0.05, 0.1) is 30.6 Å². The van der Waals surface area contributed by atoms with E-state index in [4.69, 9.17) is 0 Å². The Hall–Kier alpha value is -0.620. The summed E-state index contributed by atoms with van der Waals surface area (Å²) < 4.78 is 21.8. The Labute approximate surface area is 70.9 Å². The maximum Gasteiger partial charge on any atom is 0.161 e. The summed E-state index contributed by atoms with van der Waals surface area (Å²) in [5.74, 6) is -0.935. The normalized spacial score (nSPS) is 23.7. The van der Waals surface area contributed by atoms with E-state index in [-0.39, 0.29) is 18.1 Å². The fraction of sp³-hybridized carbons (Fsp3) is 0.833. The largest absolute Gasteiger partial charge is 0.544 e. The third-order valence-corrected chi connectivity index (χ3v) is 3.58. The SMILES string of the molecule is O=C([O-])C[NH+]1CCS(=O)(=O)CC1. The molecule has 0 unspecified atom stereocenters. The van der Waals surface area contributed by atoms with Gasteiger partial charge in [0.1, 0.15) is 6.54 Å². The Morgan fingerprint density at radius 2 is 1.83 bits per heavy atom. The van der Waals surface area contributed by atoms with Gasteiger partial charge in [0.15, 0.2) is 9.84 Å². The number of hydrogen-bond acceptors (Lipinski definition) is 4. The van der Waals surface area contributed by atoms with Crippen molar-refractivity contribution in [3.8, 4) is 0 Å². The summed E-state index contributed by atoms with van der Waals surface area (Å²) in [6.45, 7) is 0.683. The van der Waals surface area contributed by atoms with Crippen molar-refractivity contribution in [3.63, 3.8) is 0 Å². The smallest absolute Gasteiger partial charge is 0.161 e. The molecule has 0 aromatic carbocycles. The van der Waals surface area contributed by atoms with Crippen LogP contribution in [-0.4, -0.2) is 45.5 Å². The summed E-state index contributed by atoms with van der Waals surface area (Å²) >= 11 is 0. The molecule has 1 aliphatic rings. The van der Waals surface area contributed by atoms with Crippen LogP contribution >= 0.6 is 0 Å². The lowest BCUT2D eigenvalue weighted by molar-refractivity contribution is -0.890. The van der Waals surface area contributed by atoms with Crippen molar-refractivity contribution in [2.45, 2.75) is 0 Å². The molecule has 12 heavy (non-hydrogen) atoms. The monoisotopic (exact) mass is 193 g/mol. The van der Waals surface area contributed by atoms with Gasteiger partial charge in [0, 0.05) is 0 Å². The summed E-state index contributed by atoms with van der Waals surface area (Å²) in [5.41, 5.74) is 0. The number of sulfone groups is 1. The van der Waals surface area contributed by atoms with E-state index in [1.807, 2.05) is 0 Å². The highest BCUT2D eigenvalue weighted by atomic mass is 32.2. The molecule has 0 atom stereocenters. The van der Waals surface area contributed by atoms with Crippen LogP contribution in [0, 0.1) is 0 Å². The number of rotatable bonds is 2. The Morgan fingerprint density at radius 3 is 2.25 bits per heavy atom. The van der Waals surface area contributed by atoms with E-state index in [2.05, 4.69) is 0 Å². The molecule has 1 N–H and O–H groups in total. The van der Waals surface area contributed by atoms with Gasteiger partial charge in [0.25, 0.3) is 0 Å². The molecule has 0 aliphatic carbocycles. The van der Waals surface area contributed by atoms with E-state index >= 15 is 0 Å². The predicted molar refractivity (Wildman–Crippen MR) is 39.2 cm³/mol. The maximum absolute atomic E-state index is 10.9. The van der Waals surface area contributed by atoms with E-state index in [1.165, 1.54) is 0 Å². The highest BCUT2D eigenvalue weighted by Gasteiger charge is 2.24. The second kappa shape index (κ2) is 3.40. The highest BCUT2D eigenvalue weighted by Crippen LogP contribution is 1.89. The van der Waals surface area contributed by atoms with Crippen LogP contribution in [-0.2, 0) is 14.6 Å². The first kappa shape index (κ1) is 9.47. The molecule has 0 amide bonds. The average molecular weight is 193 g/mol. The lowest BCUT2D eigenvalue weighted by Crippen LogP contribution is -3.15. The Kier molecular flexibility index (Phi) is 2.69. The van der Waals surface area contributed by atoms with Gasteiger partial charge in [-0.05, 0) is 0 Å². The molecule has 0 spiro atoms. The standard InChI is InChI=1S/C6H11NO4S/c8-6(9)5-7-1-3-12(10,11)4-2-7/h1-5H2,(H,8,9). The number of nitrogens with one attached hydrogen (secondary N) is 1. The highest BCUT2D eigenvalue weighted by molar-refractivity contribution is 7.91. The molecular weight excluding hydrogens is 182 g/mol. The van der Waals surface area contributed by atoms with Gasteiger partial charge in [-0.25, -0.2) is 8.42 Å². The van der Waals surface area contributed by atoms with E-state index in [9.17, 15) is 18.3 Å². The van der Waals surface area contributed by atoms with E-state index in [0.29, 0.717) is 13.1 Å². The van der Waals surface area contributed by atoms with Crippen molar-refractivity contribution in [2.75, 3.05) is 31.1 Å². The van der Waals surface area contributed by atoms with Gasteiger partial charge >= 0.3 is 0 Å². The lowest BCUT2D eigenvalue weighted by atomic mass is 10.5. The second-order valence-corrected chi connectivity index (χ2v) is 5.25. The molecule has 6 heteroatoms. The summed E-state index contributed by atoms with van der Waals surface area (Å²) in [5, 5.41) is 10.1. The minimum atomic E-state index is -2.89. The predicted octanol–water partition coefficient (Wildman–Crippen LogP) is -3.95. The summed E-state index contributed by atoms with van der Waals surface area (Å²) in [4.78, 5) is 10.9. The van der Waals surface area contributed by atoms with Crippen LogP contribution in [0.25, 0.3) is 0 Å². The summed E-state index contributed by atoms with van der Waals surface area (Å²) in [7, 11) is -2.89. The zero-order valence-electron chi connectivity index (χ0n) is 6.58. The number of carboxylic acid groups (broad SMARTS) is 1. The zero-order valence-corrected chi connectivity index (χ0v) is 7.39. The van der Waals surface area contributed by atoms with Crippen LogP contribution in [0.15, 0.2) is 0 Å². The maximum atomic E-state index is 10.9. The minimum Gasteiger partial charge on any atom is -0.544 e. The van der Waals surface area contributed by atoms with Crippen molar-refractivity contribution in [1.82, 2.24) is 0 Å². The number of aliphatic carboxylic acids is 1. The molecule has 5 nitrogen and oxygen atoms in total. The third kappa shape index (κ3) is 2.78. The van der Waals surface area contributed by atoms with Gasteiger partial charge in [0.2, 0.25) is 0 Å². The molecule has 1 aliphatic heterocycles. The quantitative estimate of drug-likeness (QED) is 0.485. The molecule has 1 heterocycles. The lowest BCUT2D eigenvalue weighted by Gasteiger charge is -2.23. The first-order valence-electron chi connectivity index (χ1n) is 3.73. The summed E-state index contributed by atoms with van der Waals surface area (Å²) in [6, 6.07) is 0. The van der Waals surface area contributed by atoms with Crippen molar-refractivity contribution in [3.05, 3.63) is 0 Å². The molecular formula is C6H11NO4S. The number of carbonyl (C=O) groups excluding carboxylic acids is 1. The zero-order chi connectivity index (χ0) is 9.19. The molecule has 0 aromatic heterocycles. The molecule has 1 rings (SSSR count). The van der Waals surface area contributed by atoms with Crippen molar-refractivity contribution in [2.24, 2.45) is 0 Å². The first-order chi connectivity index (χ1) is 5.49. The third-order valence-electron chi connectivity index (χ3n) is 1.93. The van der Waals surface area contributed by atoms with Crippen LogP contribution in [0.1, 0.15) is 0 Å². The fourth-order valence-corrected chi connectivity index (χ4v) is 2.61. The van der Waals surface area contributed by atoms with Crippen LogP contribution < -0.4 is 10.0 Å². The van der Waals surface area contributed by atoms with Crippen molar-refractivity contribution >= 4 is 15.8 Å². The second-order valence-electron chi connectivity index (χ2n) is 2.95. The minimum absolute atomic E-state index is 0.0878. The molecule has 1 saturated heterocycles.